The Labute approximate surface area is 166 Å². The van der Waals surface area contributed by atoms with Gasteiger partial charge in [0.25, 0.3) is 5.91 Å². The van der Waals surface area contributed by atoms with Gasteiger partial charge >= 0.3 is 0 Å². The molecule has 28 heavy (non-hydrogen) atoms. The number of rotatable bonds is 5. The number of benzene rings is 2. The summed E-state index contributed by atoms with van der Waals surface area (Å²) in [5.74, 6) is 0.609. The Hall–Kier alpha value is -2.86. The molecule has 1 aliphatic heterocycles. The van der Waals surface area contributed by atoms with Gasteiger partial charge in [-0.25, -0.2) is 0 Å². The van der Waals surface area contributed by atoms with E-state index in [0.29, 0.717) is 43.2 Å². The zero-order chi connectivity index (χ0) is 20.1. The summed E-state index contributed by atoms with van der Waals surface area (Å²) in [5.41, 5.74) is 2.43. The number of hydrogen-bond acceptors (Lipinski definition) is 4. The highest BCUT2D eigenvalue weighted by Gasteiger charge is 2.28. The van der Waals surface area contributed by atoms with Crippen LogP contribution < -0.4 is 10.1 Å². The van der Waals surface area contributed by atoms with Crippen molar-refractivity contribution in [3.63, 3.8) is 0 Å². The molecule has 1 atom stereocenters. The molecule has 6 nitrogen and oxygen atoms in total. The first kappa shape index (κ1) is 19.9. The number of piperazine rings is 1. The minimum absolute atomic E-state index is 0.0434. The third-order valence-corrected chi connectivity index (χ3v) is 5.16. The van der Waals surface area contributed by atoms with Crippen molar-refractivity contribution in [2.75, 3.05) is 38.6 Å². The lowest BCUT2D eigenvalue weighted by Crippen LogP contribution is -2.54. The normalized spacial score (nSPS) is 15.8. The van der Waals surface area contributed by atoms with Gasteiger partial charge in [0.1, 0.15) is 5.75 Å². The molecule has 0 bridgehead atoms. The van der Waals surface area contributed by atoms with Crippen LogP contribution in [0.4, 0.5) is 5.69 Å². The third kappa shape index (κ3) is 4.51. The van der Waals surface area contributed by atoms with E-state index < -0.39 is 0 Å². The second-order valence-corrected chi connectivity index (χ2v) is 7.06. The Kier molecular flexibility index (Phi) is 6.31. The van der Waals surface area contributed by atoms with Crippen molar-refractivity contribution in [1.82, 2.24) is 9.80 Å². The van der Waals surface area contributed by atoms with Gasteiger partial charge in [-0.2, -0.15) is 0 Å². The molecule has 2 aromatic carbocycles. The van der Waals surface area contributed by atoms with Crippen LogP contribution in [0, 0.1) is 6.92 Å². The fourth-order valence-corrected chi connectivity index (χ4v) is 3.40. The highest BCUT2D eigenvalue weighted by Crippen LogP contribution is 2.25. The average molecular weight is 381 g/mol. The highest BCUT2D eigenvalue weighted by molar-refractivity contribution is 5.96. The van der Waals surface area contributed by atoms with Gasteiger partial charge in [-0.05, 0) is 43.7 Å². The number of nitrogens with one attached hydrogen (secondary N) is 1. The van der Waals surface area contributed by atoms with Crippen molar-refractivity contribution < 1.29 is 14.3 Å². The van der Waals surface area contributed by atoms with Crippen LogP contribution in [0.1, 0.15) is 22.8 Å². The molecule has 0 aliphatic carbocycles. The monoisotopic (exact) mass is 381 g/mol. The standard InChI is InChI=1S/C22H27N3O3/c1-16-9-10-20(28-3)19(15-16)23-21(26)17(2)24-11-13-25(14-12-24)22(27)18-7-5-4-6-8-18/h4-10,15,17H,11-14H2,1-3H3,(H,23,26). The van der Waals surface area contributed by atoms with Gasteiger partial charge in [0, 0.05) is 31.7 Å². The Bertz CT molecular complexity index is 830. The third-order valence-electron chi connectivity index (χ3n) is 5.16. The molecular weight excluding hydrogens is 354 g/mol. The second kappa shape index (κ2) is 8.89. The van der Waals surface area contributed by atoms with Gasteiger partial charge in [-0.15, -0.1) is 0 Å². The zero-order valence-corrected chi connectivity index (χ0v) is 16.6. The van der Waals surface area contributed by atoms with Crippen LogP contribution in [0.15, 0.2) is 48.5 Å². The van der Waals surface area contributed by atoms with E-state index in [1.54, 1.807) is 7.11 Å². The molecule has 6 heteroatoms. The number of methoxy groups -OCH3 is 1. The number of hydrogen-bond donors (Lipinski definition) is 1. The highest BCUT2D eigenvalue weighted by atomic mass is 16.5. The van der Waals surface area contributed by atoms with Gasteiger partial charge in [0.2, 0.25) is 5.91 Å². The first-order valence-corrected chi connectivity index (χ1v) is 9.53. The number of ether oxygens (including phenoxy) is 1. The fourth-order valence-electron chi connectivity index (χ4n) is 3.40. The summed E-state index contributed by atoms with van der Waals surface area (Å²) < 4.78 is 5.34. The molecule has 0 saturated carbocycles. The second-order valence-electron chi connectivity index (χ2n) is 7.06. The first-order chi connectivity index (χ1) is 13.5. The van der Waals surface area contributed by atoms with Crippen LogP contribution in [-0.4, -0.2) is 60.9 Å². The summed E-state index contributed by atoms with van der Waals surface area (Å²) in [5, 5.41) is 2.97. The van der Waals surface area contributed by atoms with Crippen LogP contribution in [0.2, 0.25) is 0 Å². The smallest absolute Gasteiger partial charge is 0.253 e. The summed E-state index contributed by atoms with van der Waals surface area (Å²) >= 11 is 0. The lowest BCUT2D eigenvalue weighted by atomic mass is 10.1. The first-order valence-electron chi connectivity index (χ1n) is 9.53. The predicted molar refractivity (Wildman–Crippen MR) is 110 cm³/mol. The summed E-state index contributed by atoms with van der Waals surface area (Å²) in [6.45, 7) is 6.42. The molecule has 0 aromatic heterocycles. The molecule has 1 heterocycles. The minimum Gasteiger partial charge on any atom is -0.495 e. The number of nitrogens with zero attached hydrogens (tertiary/aromatic N) is 2. The lowest BCUT2D eigenvalue weighted by Gasteiger charge is -2.37. The minimum atomic E-state index is -0.292. The summed E-state index contributed by atoms with van der Waals surface area (Å²) in [7, 11) is 1.59. The fraction of sp³-hybridized carbons (Fsp3) is 0.364. The van der Waals surface area contributed by atoms with Crippen molar-refractivity contribution in [3.8, 4) is 5.75 Å². The number of amides is 2. The quantitative estimate of drug-likeness (QED) is 0.865. The van der Waals surface area contributed by atoms with Crippen LogP contribution in [0.3, 0.4) is 0 Å². The molecule has 0 spiro atoms. The summed E-state index contributed by atoms with van der Waals surface area (Å²) in [4.78, 5) is 29.3. The Morgan fingerprint density at radius 2 is 1.71 bits per heavy atom. The van der Waals surface area contributed by atoms with Gasteiger partial charge in [0.15, 0.2) is 0 Å². The van der Waals surface area contributed by atoms with E-state index >= 15 is 0 Å². The van der Waals surface area contributed by atoms with Crippen LogP contribution >= 0.6 is 0 Å². The van der Waals surface area contributed by atoms with E-state index in [9.17, 15) is 9.59 Å². The van der Waals surface area contributed by atoms with Crippen molar-refractivity contribution in [2.24, 2.45) is 0 Å². The maximum atomic E-state index is 12.7. The average Bonchev–Trinajstić information content (AvgIpc) is 2.73. The molecule has 2 aromatic rings. The molecule has 1 N–H and O–H groups in total. The molecule has 2 amide bonds. The Morgan fingerprint density at radius 1 is 1.04 bits per heavy atom. The molecule has 0 radical (unpaired) electrons. The Morgan fingerprint density at radius 3 is 2.36 bits per heavy atom. The van der Waals surface area contributed by atoms with E-state index in [2.05, 4.69) is 10.2 Å². The number of carbonyl (C=O) groups is 2. The van der Waals surface area contributed by atoms with E-state index in [-0.39, 0.29) is 17.9 Å². The van der Waals surface area contributed by atoms with Crippen LogP contribution in [-0.2, 0) is 4.79 Å². The SMILES string of the molecule is COc1ccc(C)cc1NC(=O)C(C)N1CCN(C(=O)c2ccccc2)CC1. The van der Waals surface area contributed by atoms with Crippen molar-refractivity contribution in [2.45, 2.75) is 19.9 Å². The maximum absolute atomic E-state index is 12.7. The van der Waals surface area contributed by atoms with Crippen LogP contribution in [0.25, 0.3) is 0 Å². The zero-order valence-electron chi connectivity index (χ0n) is 16.6. The topological polar surface area (TPSA) is 61.9 Å². The lowest BCUT2D eigenvalue weighted by molar-refractivity contribution is -0.121. The van der Waals surface area contributed by atoms with Gasteiger partial charge in [0.05, 0.1) is 18.8 Å². The van der Waals surface area contributed by atoms with E-state index in [0.717, 1.165) is 5.56 Å². The number of aryl methyl sites for hydroxylation is 1. The predicted octanol–water partition coefficient (Wildman–Crippen LogP) is 2.79. The van der Waals surface area contributed by atoms with Crippen LogP contribution in [0.5, 0.6) is 5.75 Å². The molecular formula is C22H27N3O3. The largest absolute Gasteiger partial charge is 0.495 e. The van der Waals surface area contributed by atoms with Crippen molar-refractivity contribution in [1.29, 1.82) is 0 Å². The van der Waals surface area contributed by atoms with Crippen molar-refractivity contribution in [3.05, 3.63) is 59.7 Å². The molecule has 1 unspecified atom stereocenters. The van der Waals surface area contributed by atoms with E-state index in [1.165, 1.54) is 0 Å². The molecule has 3 rings (SSSR count). The Balaban J connectivity index is 1.57. The molecule has 1 aliphatic rings. The van der Waals surface area contributed by atoms with E-state index in [4.69, 9.17) is 4.74 Å². The molecule has 1 saturated heterocycles. The van der Waals surface area contributed by atoms with Gasteiger partial charge in [-0.3, -0.25) is 14.5 Å². The number of anilines is 1. The van der Waals surface area contributed by atoms with Crippen molar-refractivity contribution >= 4 is 17.5 Å². The molecule has 1 fully saturated rings. The summed E-state index contributed by atoms with van der Waals surface area (Å²) in [6, 6.07) is 14.7. The number of carbonyl (C=O) groups excluding carboxylic acids is 2. The maximum Gasteiger partial charge on any atom is 0.253 e. The van der Waals surface area contributed by atoms with E-state index in [1.807, 2.05) is 67.3 Å². The van der Waals surface area contributed by atoms with Gasteiger partial charge < -0.3 is 15.0 Å². The molecule has 148 valence electrons. The van der Waals surface area contributed by atoms with Gasteiger partial charge in [-0.1, -0.05) is 24.3 Å². The summed E-state index contributed by atoms with van der Waals surface area (Å²) in [6.07, 6.45) is 0.